The van der Waals surface area contributed by atoms with Gasteiger partial charge in [0.1, 0.15) is 11.4 Å². The summed E-state index contributed by atoms with van der Waals surface area (Å²) in [6, 6.07) is 0. The Labute approximate surface area is 126 Å². The first-order valence-corrected chi connectivity index (χ1v) is 6.67. The van der Waals surface area contributed by atoms with E-state index in [0.717, 1.165) is 5.92 Å². The SMILES string of the molecule is C#C.CC.CC(C)(C)OC(N)=O.CC(C)=O.CC(C)C. The third-order valence-corrected chi connectivity index (χ3v) is 0.407. The molecule has 0 bridgehead atoms. The monoisotopic (exact) mass is 289 g/mol. The van der Waals surface area contributed by atoms with E-state index in [0.29, 0.717) is 0 Å². The summed E-state index contributed by atoms with van der Waals surface area (Å²) in [7, 11) is 0. The number of hydrogen-bond donors (Lipinski definition) is 1. The highest BCUT2D eigenvalue weighted by atomic mass is 16.6. The average molecular weight is 289 g/mol. The normalized spacial score (nSPS) is 7.85. The number of ketones is 1. The van der Waals surface area contributed by atoms with E-state index in [1.807, 2.05) is 13.8 Å². The van der Waals surface area contributed by atoms with Crippen LogP contribution in [-0.2, 0) is 9.53 Å². The van der Waals surface area contributed by atoms with Crippen LogP contribution in [0.5, 0.6) is 0 Å². The number of rotatable bonds is 0. The maximum absolute atomic E-state index is 10.0. The molecule has 0 spiro atoms. The molecule has 1 amide bonds. The zero-order valence-corrected chi connectivity index (χ0v) is 15.0. The number of primary amides is 1. The van der Waals surface area contributed by atoms with Crippen LogP contribution in [0.4, 0.5) is 4.79 Å². The molecule has 0 atom stereocenters. The minimum atomic E-state index is -0.725. The Kier molecular flexibility index (Phi) is 35.2. The van der Waals surface area contributed by atoms with Gasteiger partial charge < -0.3 is 15.3 Å². The Hall–Kier alpha value is -1.50. The summed E-state index contributed by atoms with van der Waals surface area (Å²) in [6.07, 6.45) is 7.28. The van der Waals surface area contributed by atoms with E-state index < -0.39 is 11.7 Å². The number of ether oxygens (including phenoxy) is 1. The molecule has 0 saturated heterocycles. The van der Waals surface area contributed by atoms with Crippen LogP contribution in [-0.4, -0.2) is 17.5 Å². The van der Waals surface area contributed by atoms with E-state index in [1.165, 1.54) is 13.8 Å². The smallest absolute Gasteiger partial charge is 0.405 e. The van der Waals surface area contributed by atoms with Gasteiger partial charge in [-0.15, -0.1) is 12.8 Å². The first-order chi connectivity index (χ1) is 8.88. The topological polar surface area (TPSA) is 69.4 Å². The first kappa shape index (κ1) is 31.1. The second kappa shape index (κ2) is 22.7. The fourth-order valence-corrected chi connectivity index (χ4v) is 0.302. The van der Waals surface area contributed by atoms with Crippen LogP contribution < -0.4 is 5.73 Å². The van der Waals surface area contributed by atoms with E-state index in [2.05, 4.69) is 38.4 Å². The van der Waals surface area contributed by atoms with Crippen molar-refractivity contribution < 1.29 is 14.3 Å². The van der Waals surface area contributed by atoms with Gasteiger partial charge in [0.25, 0.3) is 0 Å². The van der Waals surface area contributed by atoms with Gasteiger partial charge in [0.15, 0.2) is 0 Å². The van der Waals surface area contributed by atoms with Gasteiger partial charge in [0.2, 0.25) is 0 Å². The molecule has 0 aromatic carbocycles. The minimum absolute atomic E-state index is 0.167. The molecule has 0 rings (SSSR count). The highest BCUT2D eigenvalue weighted by molar-refractivity contribution is 5.72. The lowest BCUT2D eigenvalue weighted by molar-refractivity contribution is -0.115. The zero-order valence-electron chi connectivity index (χ0n) is 15.0. The van der Waals surface area contributed by atoms with Gasteiger partial charge in [0.05, 0.1) is 0 Å². The molecule has 0 unspecified atom stereocenters. The molecular formula is C16H35NO3. The largest absolute Gasteiger partial charge is 0.444 e. The molecule has 0 fully saturated rings. The summed E-state index contributed by atoms with van der Waals surface area (Å²) in [4.78, 5) is 19.5. The summed E-state index contributed by atoms with van der Waals surface area (Å²) in [5.74, 6) is 1.00. The van der Waals surface area contributed by atoms with Crippen LogP contribution >= 0.6 is 0 Å². The number of carbonyl (C=O) groups excluding carboxylic acids is 2. The van der Waals surface area contributed by atoms with Crippen molar-refractivity contribution in [3.63, 3.8) is 0 Å². The Balaban J connectivity index is -0.0000000535. The predicted molar refractivity (Wildman–Crippen MR) is 88.5 cm³/mol. The van der Waals surface area contributed by atoms with E-state index in [4.69, 9.17) is 5.73 Å². The van der Waals surface area contributed by atoms with Crippen molar-refractivity contribution >= 4 is 11.9 Å². The fourth-order valence-electron chi connectivity index (χ4n) is 0.302. The van der Waals surface area contributed by atoms with Gasteiger partial charge in [0, 0.05) is 0 Å². The molecular weight excluding hydrogens is 254 g/mol. The second-order valence-electron chi connectivity index (χ2n) is 5.17. The highest BCUT2D eigenvalue weighted by Crippen LogP contribution is 2.04. The molecule has 20 heavy (non-hydrogen) atoms. The Morgan fingerprint density at radius 2 is 1.15 bits per heavy atom. The first-order valence-electron chi connectivity index (χ1n) is 6.67. The van der Waals surface area contributed by atoms with Gasteiger partial charge in [-0.3, -0.25) is 0 Å². The number of amides is 1. The lowest BCUT2D eigenvalue weighted by atomic mass is 10.2. The molecule has 0 aliphatic rings. The number of terminal acetylenes is 1. The van der Waals surface area contributed by atoms with E-state index >= 15 is 0 Å². The summed E-state index contributed by atoms with van der Waals surface area (Å²) in [6.45, 7) is 18.8. The van der Waals surface area contributed by atoms with E-state index in [9.17, 15) is 9.59 Å². The third-order valence-electron chi connectivity index (χ3n) is 0.407. The molecule has 4 nitrogen and oxygen atoms in total. The molecule has 122 valence electrons. The average Bonchev–Trinajstić information content (AvgIpc) is 2.18. The maximum atomic E-state index is 10.0. The van der Waals surface area contributed by atoms with Crippen molar-refractivity contribution in [3.8, 4) is 12.8 Å². The van der Waals surface area contributed by atoms with Crippen molar-refractivity contribution in [1.82, 2.24) is 0 Å². The quantitative estimate of drug-likeness (QED) is 0.671. The van der Waals surface area contributed by atoms with Crippen molar-refractivity contribution in [2.75, 3.05) is 0 Å². The van der Waals surface area contributed by atoms with Gasteiger partial charge >= 0.3 is 6.09 Å². The molecule has 0 aliphatic carbocycles. The second-order valence-corrected chi connectivity index (χ2v) is 5.17. The summed E-state index contributed by atoms with van der Waals surface area (Å²) in [5.41, 5.74) is 4.26. The molecule has 4 heteroatoms. The number of hydrogen-bond acceptors (Lipinski definition) is 3. The van der Waals surface area contributed by atoms with Gasteiger partial charge in [-0.2, -0.15) is 0 Å². The van der Waals surface area contributed by atoms with Crippen LogP contribution in [0.25, 0.3) is 0 Å². The molecule has 0 saturated carbocycles. The Morgan fingerprint density at radius 1 is 1.00 bits per heavy atom. The van der Waals surface area contributed by atoms with E-state index in [-0.39, 0.29) is 5.78 Å². The van der Waals surface area contributed by atoms with E-state index in [1.54, 1.807) is 20.8 Å². The van der Waals surface area contributed by atoms with Gasteiger partial charge in [-0.05, 0) is 40.5 Å². The van der Waals surface area contributed by atoms with Crippen molar-refractivity contribution in [2.24, 2.45) is 11.7 Å². The van der Waals surface area contributed by atoms with Crippen LogP contribution in [0.1, 0.15) is 69.2 Å². The van der Waals surface area contributed by atoms with Gasteiger partial charge in [-0.25, -0.2) is 4.79 Å². The maximum Gasteiger partial charge on any atom is 0.405 e. The number of carbonyl (C=O) groups is 2. The van der Waals surface area contributed by atoms with Gasteiger partial charge in [-0.1, -0.05) is 34.6 Å². The molecule has 0 aromatic rings. The summed E-state index contributed by atoms with van der Waals surface area (Å²) in [5, 5.41) is 0. The molecule has 2 N–H and O–H groups in total. The van der Waals surface area contributed by atoms with Crippen LogP contribution in [0.2, 0.25) is 0 Å². The minimum Gasteiger partial charge on any atom is -0.444 e. The zero-order chi connectivity index (χ0) is 17.9. The predicted octanol–water partition coefficient (Wildman–Crippen LogP) is 4.41. The van der Waals surface area contributed by atoms with Crippen LogP contribution in [0.15, 0.2) is 0 Å². The third kappa shape index (κ3) is 324. The Morgan fingerprint density at radius 3 is 1.15 bits per heavy atom. The van der Waals surface area contributed by atoms with Crippen LogP contribution in [0, 0.1) is 18.8 Å². The molecule has 0 radical (unpaired) electrons. The lowest BCUT2D eigenvalue weighted by Crippen LogP contribution is -2.27. The van der Waals surface area contributed by atoms with Crippen molar-refractivity contribution in [3.05, 3.63) is 0 Å². The number of Topliss-reactive ketones (excluding diaryl/α,β-unsaturated/α-hetero) is 1. The van der Waals surface area contributed by atoms with Crippen molar-refractivity contribution in [1.29, 1.82) is 0 Å². The standard InChI is InChI=1S/C5H11NO2.C4H10.C3H6O.C2H6.C2H2/c1-5(2,3)8-4(6)7;1-4(2)3;1-3(2)4;2*1-2/h1-3H3,(H2,6,7);4H,1-3H3;1-2H3;1-2H3;1-2H. The molecule has 0 heterocycles. The molecule has 0 aliphatic heterocycles. The van der Waals surface area contributed by atoms with Crippen LogP contribution in [0.3, 0.4) is 0 Å². The van der Waals surface area contributed by atoms with Crippen molar-refractivity contribution in [2.45, 2.75) is 74.8 Å². The summed E-state index contributed by atoms with van der Waals surface area (Å²) >= 11 is 0. The highest BCUT2D eigenvalue weighted by Gasteiger charge is 2.12. The number of nitrogens with two attached hydrogens (primary N) is 1. The fraction of sp³-hybridized carbons (Fsp3) is 0.750. The lowest BCUT2D eigenvalue weighted by Gasteiger charge is -2.16. The summed E-state index contributed by atoms with van der Waals surface area (Å²) < 4.78 is 4.58. The molecule has 0 aromatic heterocycles. The Bertz CT molecular complexity index is 219.